The Balaban J connectivity index is 1.45. The number of hydrogen-bond acceptors (Lipinski definition) is 5. The first-order valence-electron chi connectivity index (χ1n) is 9.17. The third-order valence-corrected chi connectivity index (χ3v) is 8.49. The summed E-state index contributed by atoms with van der Waals surface area (Å²) in [5.41, 5.74) is 0. The topological polar surface area (TPSA) is 72.8 Å². The lowest BCUT2D eigenvalue weighted by molar-refractivity contribution is -0.159. The number of aliphatic hydroxyl groups is 1. The van der Waals surface area contributed by atoms with E-state index in [1.165, 1.54) is 6.42 Å². The Kier molecular flexibility index (Phi) is 2.26. The number of carbonyl (C=O) groups excluding carboxylic acids is 2. The van der Waals surface area contributed by atoms with Gasteiger partial charge in [0.05, 0.1) is 11.8 Å². The molecule has 0 radical (unpaired) electrons. The van der Waals surface area contributed by atoms with Crippen LogP contribution in [0.25, 0.3) is 0 Å². The highest BCUT2D eigenvalue weighted by molar-refractivity contribution is 5.78. The molecule has 0 amide bonds. The standard InChI is InChI=1S/C18H22O5/c1-5-10-6-2-3-7(13(10)16(19)22-5)12-9-4-8(11(6)12)14-15(9)18(21)23-17(14)20/h5-15,17,20H,2-4H2,1H3. The average Bonchev–Trinajstić information content (AvgIpc) is 3.24. The molecule has 124 valence electrons. The van der Waals surface area contributed by atoms with Crippen molar-refractivity contribution in [3.05, 3.63) is 0 Å². The van der Waals surface area contributed by atoms with Gasteiger partial charge in [-0.2, -0.15) is 0 Å². The number of cyclic esters (lactones) is 2. The van der Waals surface area contributed by atoms with Crippen molar-refractivity contribution in [1.29, 1.82) is 0 Å². The van der Waals surface area contributed by atoms with Crippen molar-refractivity contribution in [3.8, 4) is 0 Å². The number of rotatable bonds is 0. The molecular formula is C18H22O5. The first-order chi connectivity index (χ1) is 11.1. The van der Waals surface area contributed by atoms with Crippen molar-refractivity contribution < 1.29 is 24.2 Å². The second kappa shape index (κ2) is 3.93. The molecule has 2 saturated heterocycles. The highest BCUT2D eigenvalue weighted by atomic mass is 16.6. The predicted molar refractivity (Wildman–Crippen MR) is 76.4 cm³/mol. The van der Waals surface area contributed by atoms with Crippen molar-refractivity contribution in [2.75, 3.05) is 0 Å². The van der Waals surface area contributed by atoms with Gasteiger partial charge in [0.1, 0.15) is 6.10 Å². The first-order valence-corrected chi connectivity index (χ1v) is 9.17. The highest BCUT2D eigenvalue weighted by Crippen LogP contribution is 2.73. The van der Waals surface area contributed by atoms with Gasteiger partial charge >= 0.3 is 11.9 Å². The molecule has 12 unspecified atom stereocenters. The molecule has 5 aliphatic carbocycles. The van der Waals surface area contributed by atoms with Crippen LogP contribution >= 0.6 is 0 Å². The summed E-state index contributed by atoms with van der Waals surface area (Å²) in [6, 6.07) is 0. The minimum atomic E-state index is -0.904. The summed E-state index contributed by atoms with van der Waals surface area (Å²) in [7, 11) is 0. The summed E-state index contributed by atoms with van der Waals surface area (Å²) < 4.78 is 10.8. The van der Waals surface area contributed by atoms with E-state index >= 15 is 0 Å². The smallest absolute Gasteiger partial charge is 0.312 e. The molecule has 5 nitrogen and oxygen atoms in total. The van der Waals surface area contributed by atoms with E-state index in [-0.39, 0.29) is 35.8 Å². The second-order valence-corrected chi connectivity index (χ2v) is 8.80. The Labute approximate surface area is 134 Å². The Hall–Kier alpha value is -1.10. The largest absolute Gasteiger partial charge is 0.462 e. The monoisotopic (exact) mass is 318 g/mol. The average molecular weight is 318 g/mol. The van der Waals surface area contributed by atoms with Gasteiger partial charge in [-0.05, 0) is 61.7 Å². The van der Waals surface area contributed by atoms with Crippen molar-refractivity contribution >= 4 is 11.9 Å². The van der Waals surface area contributed by atoms with Gasteiger partial charge in [0.25, 0.3) is 0 Å². The number of fused-ring (bicyclic) bond motifs is 6. The fourth-order valence-electron chi connectivity index (χ4n) is 8.26. The summed E-state index contributed by atoms with van der Waals surface area (Å²) in [4.78, 5) is 24.6. The van der Waals surface area contributed by atoms with Gasteiger partial charge in [-0.1, -0.05) is 0 Å². The van der Waals surface area contributed by atoms with Gasteiger partial charge in [0, 0.05) is 11.8 Å². The molecule has 7 fully saturated rings. The van der Waals surface area contributed by atoms with Crippen LogP contribution in [-0.4, -0.2) is 29.4 Å². The van der Waals surface area contributed by atoms with Crippen LogP contribution in [0.3, 0.4) is 0 Å². The third kappa shape index (κ3) is 1.30. The summed E-state index contributed by atoms with van der Waals surface area (Å²) in [6.45, 7) is 2.05. The van der Waals surface area contributed by atoms with E-state index in [1.54, 1.807) is 0 Å². The predicted octanol–water partition coefficient (Wildman–Crippen LogP) is 1.19. The molecule has 7 aliphatic rings. The molecule has 5 heteroatoms. The van der Waals surface area contributed by atoms with E-state index in [0.717, 1.165) is 12.8 Å². The Morgan fingerprint density at radius 2 is 1.48 bits per heavy atom. The van der Waals surface area contributed by atoms with Gasteiger partial charge in [-0.25, -0.2) is 0 Å². The van der Waals surface area contributed by atoms with Crippen LogP contribution in [0.2, 0.25) is 0 Å². The third-order valence-electron chi connectivity index (χ3n) is 8.49. The van der Waals surface area contributed by atoms with E-state index in [1.807, 2.05) is 6.92 Å². The fraction of sp³-hybridized carbons (Fsp3) is 0.889. The van der Waals surface area contributed by atoms with Crippen LogP contribution in [0.4, 0.5) is 0 Å². The molecule has 23 heavy (non-hydrogen) atoms. The van der Waals surface area contributed by atoms with Crippen molar-refractivity contribution in [2.45, 2.75) is 38.6 Å². The zero-order chi connectivity index (χ0) is 15.6. The lowest BCUT2D eigenvalue weighted by Gasteiger charge is -2.57. The zero-order valence-electron chi connectivity index (χ0n) is 13.1. The molecule has 1 N–H and O–H groups in total. The molecule has 5 saturated carbocycles. The molecule has 4 bridgehead atoms. The number of ether oxygens (including phenoxy) is 2. The maximum Gasteiger partial charge on any atom is 0.312 e. The first kappa shape index (κ1) is 13.2. The number of esters is 2. The van der Waals surface area contributed by atoms with Crippen LogP contribution in [0.15, 0.2) is 0 Å². The molecule has 0 aromatic carbocycles. The van der Waals surface area contributed by atoms with Crippen LogP contribution < -0.4 is 0 Å². The molecule has 0 aromatic heterocycles. The van der Waals surface area contributed by atoms with Gasteiger partial charge in [-0.15, -0.1) is 0 Å². The molecule has 2 heterocycles. The van der Waals surface area contributed by atoms with E-state index < -0.39 is 6.29 Å². The fourth-order valence-corrected chi connectivity index (χ4v) is 8.26. The van der Waals surface area contributed by atoms with Crippen molar-refractivity contribution in [2.24, 2.45) is 59.2 Å². The highest BCUT2D eigenvalue weighted by Gasteiger charge is 2.74. The van der Waals surface area contributed by atoms with E-state index in [4.69, 9.17) is 9.47 Å². The lowest BCUT2D eigenvalue weighted by Crippen LogP contribution is -2.56. The summed E-state index contributed by atoms with van der Waals surface area (Å²) >= 11 is 0. The minimum absolute atomic E-state index is 0.000112. The van der Waals surface area contributed by atoms with Gasteiger partial charge in [0.2, 0.25) is 6.29 Å². The SMILES string of the molecule is CC1OC(=O)C2C3CCC(C12)C1C2CC(C4C(=O)OC(O)C24)C31. The van der Waals surface area contributed by atoms with Crippen LogP contribution in [0, 0.1) is 59.2 Å². The summed E-state index contributed by atoms with van der Waals surface area (Å²) in [5, 5.41) is 10.2. The molecule has 7 rings (SSSR count). The van der Waals surface area contributed by atoms with E-state index in [9.17, 15) is 14.7 Å². The Morgan fingerprint density at radius 1 is 0.826 bits per heavy atom. The quantitative estimate of drug-likeness (QED) is 0.679. The molecule has 12 atom stereocenters. The number of hydrogen-bond donors (Lipinski definition) is 1. The number of aliphatic hydroxyl groups excluding tert-OH is 1. The molecule has 2 aliphatic heterocycles. The van der Waals surface area contributed by atoms with Gasteiger partial charge < -0.3 is 14.6 Å². The molecule has 0 aromatic rings. The van der Waals surface area contributed by atoms with Crippen LogP contribution in [0.1, 0.15) is 26.2 Å². The van der Waals surface area contributed by atoms with Crippen molar-refractivity contribution in [3.63, 3.8) is 0 Å². The Bertz CT molecular complexity index is 617. The zero-order valence-corrected chi connectivity index (χ0v) is 13.1. The molecule has 0 spiro atoms. The molecular weight excluding hydrogens is 296 g/mol. The Morgan fingerprint density at radius 3 is 2.30 bits per heavy atom. The van der Waals surface area contributed by atoms with E-state index in [0.29, 0.717) is 41.4 Å². The maximum absolute atomic E-state index is 12.4. The van der Waals surface area contributed by atoms with Crippen molar-refractivity contribution in [1.82, 2.24) is 0 Å². The second-order valence-electron chi connectivity index (χ2n) is 8.80. The lowest BCUT2D eigenvalue weighted by atomic mass is 9.45. The number of carbonyl (C=O) groups is 2. The van der Waals surface area contributed by atoms with E-state index in [2.05, 4.69) is 0 Å². The summed E-state index contributed by atoms with van der Waals surface area (Å²) in [6.07, 6.45) is 2.46. The van der Waals surface area contributed by atoms with Gasteiger partial charge in [-0.3, -0.25) is 9.59 Å². The van der Waals surface area contributed by atoms with Crippen LogP contribution in [-0.2, 0) is 19.1 Å². The van der Waals surface area contributed by atoms with Gasteiger partial charge in [0.15, 0.2) is 0 Å². The normalized spacial score (nSPS) is 64.4. The maximum atomic E-state index is 12.4. The van der Waals surface area contributed by atoms with Crippen LogP contribution in [0.5, 0.6) is 0 Å². The minimum Gasteiger partial charge on any atom is -0.462 e. The summed E-state index contributed by atoms with van der Waals surface area (Å²) in [5.74, 6) is 2.75.